The molecule has 4 aromatic rings. The molecule has 0 amide bonds. The Morgan fingerprint density at radius 1 is 0.852 bits per heavy atom. The zero-order chi connectivity index (χ0) is 18.6. The lowest BCUT2D eigenvalue weighted by Gasteiger charge is -2.07. The molecule has 0 fully saturated rings. The number of pyridine rings is 1. The van der Waals surface area contributed by atoms with Crippen molar-refractivity contribution in [2.24, 2.45) is 7.05 Å². The highest BCUT2D eigenvalue weighted by molar-refractivity contribution is 5.91. The van der Waals surface area contributed by atoms with Crippen molar-refractivity contribution in [1.82, 2.24) is 14.5 Å². The summed E-state index contributed by atoms with van der Waals surface area (Å²) in [6.45, 7) is 0. The molecule has 2 aromatic carbocycles. The second-order valence-electron chi connectivity index (χ2n) is 6.01. The van der Waals surface area contributed by atoms with Gasteiger partial charge in [-0.25, -0.2) is 4.79 Å². The Labute approximate surface area is 156 Å². The lowest BCUT2D eigenvalue weighted by molar-refractivity contribution is 0.0714. The van der Waals surface area contributed by atoms with Crippen molar-refractivity contribution in [1.29, 1.82) is 0 Å². The molecule has 0 unspecified atom stereocenters. The lowest BCUT2D eigenvalue weighted by Crippen LogP contribution is -2.11. The van der Waals surface area contributed by atoms with Crippen LogP contribution >= 0.6 is 0 Å². The minimum atomic E-state index is -0.440. The van der Waals surface area contributed by atoms with Crippen LogP contribution in [0.1, 0.15) is 10.4 Å². The molecule has 0 atom stereocenters. The van der Waals surface area contributed by atoms with Crippen molar-refractivity contribution in [2.45, 2.75) is 0 Å². The Morgan fingerprint density at radius 3 is 2.15 bits per heavy atom. The van der Waals surface area contributed by atoms with Crippen molar-refractivity contribution in [2.75, 3.05) is 0 Å². The molecule has 2 heterocycles. The van der Waals surface area contributed by atoms with Crippen LogP contribution in [0.2, 0.25) is 0 Å². The first-order chi connectivity index (χ1) is 13.2. The maximum atomic E-state index is 12.5. The standard InChI is InChI=1S/C22H17N3O2/c1-25-20(17-12-14-23-15-13-17)19(16-8-4-2-5-9-16)24-22(25)27-21(26)18-10-6-3-7-11-18/h2-15H,1H3. The summed E-state index contributed by atoms with van der Waals surface area (Å²) in [5.74, 6) is -0.440. The van der Waals surface area contributed by atoms with Crippen molar-refractivity contribution in [3.8, 4) is 28.5 Å². The first-order valence-corrected chi connectivity index (χ1v) is 8.54. The summed E-state index contributed by atoms with van der Waals surface area (Å²) in [6.07, 6.45) is 3.46. The molecule has 27 heavy (non-hydrogen) atoms. The van der Waals surface area contributed by atoms with Gasteiger partial charge in [0.1, 0.15) is 5.69 Å². The van der Waals surface area contributed by atoms with Crippen LogP contribution in [0.4, 0.5) is 0 Å². The third kappa shape index (κ3) is 3.35. The van der Waals surface area contributed by atoms with E-state index in [1.165, 1.54) is 0 Å². The van der Waals surface area contributed by atoms with E-state index in [9.17, 15) is 4.79 Å². The monoisotopic (exact) mass is 355 g/mol. The van der Waals surface area contributed by atoms with Crippen LogP contribution in [0, 0.1) is 0 Å². The van der Waals surface area contributed by atoms with Gasteiger partial charge in [0, 0.05) is 30.6 Å². The highest BCUT2D eigenvalue weighted by Gasteiger charge is 2.21. The van der Waals surface area contributed by atoms with Gasteiger partial charge in [-0.2, -0.15) is 4.98 Å². The van der Waals surface area contributed by atoms with Crippen molar-refractivity contribution < 1.29 is 9.53 Å². The molecular formula is C22H17N3O2. The number of esters is 1. The average molecular weight is 355 g/mol. The van der Waals surface area contributed by atoms with E-state index in [1.807, 2.05) is 55.6 Å². The van der Waals surface area contributed by atoms with Gasteiger partial charge in [-0.15, -0.1) is 0 Å². The van der Waals surface area contributed by atoms with E-state index in [4.69, 9.17) is 4.74 Å². The topological polar surface area (TPSA) is 57.0 Å². The van der Waals surface area contributed by atoms with Crippen LogP contribution in [0.5, 0.6) is 6.01 Å². The highest BCUT2D eigenvalue weighted by atomic mass is 16.5. The van der Waals surface area contributed by atoms with Gasteiger partial charge < -0.3 is 4.74 Å². The molecule has 2 aromatic heterocycles. The molecule has 0 aliphatic heterocycles. The van der Waals surface area contributed by atoms with Gasteiger partial charge in [0.2, 0.25) is 0 Å². The zero-order valence-electron chi connectivity index (χ0n) is 14.7. The second-order valence-corrected chi connectivity index (χ2v) is 6.01. The normalized spacial score (nSPS) is 10.6. The number of aromatic nitrogens is 3. The maximum Gasteiger partial charge on any atom is 0.345 e. The van der Waals surface area contributed by atoms with Gasteiger partial charge in [0.25, 0.3) is 0 Å². The molecule has 0 saturated heterocycles. The number of carbonyl (C=O) groups excluding carboxylic acids is 1. The van der Waals surface area contributed by atoms with E-state index >= 15 is 0 Å². The Balaban J connectivity index is 1.80. The Kier molecular flexibility index (Phi) is 4.49. The molecule has 0 saturated carbocycles. The minimum absolute atomic E-state index is 0.245. The number of hydrogen-bond acceptors (Lipinski definition) is 4. The molecular weight excluding hydrogens is 338 g/mol. The number of hydrogen-bond donors (Lipinski definition) is 0. The summed E-state index contributed by atoms with van der Waals surface area (Å²) >= 11 is 0. The number of imidazole rings is 1. The summed E-state index contributed by atoms with van der Waals surface area (Å²) in [6, 6.07) is 22.8. The van der Waals surface area contributed by atoms with E-state index in [0.29, 0.717) is 5.56 Å². The first-order valence-electron chi connectivity index (χ1n) is 8.54. The summed E-state index contributed by atoms with van der Waals surface area (Å²) in [5, 5.41) is 0. The number of carbonyl (C=O) groups is 1. The van der Waals surface area contributed by atoms with Crippen LogP contribution in [0.25, 0.3) is 22.5 Å². The van der Waals surface area contributed by atoms with Gasteiger partial charge in [0.15, 0.2) is 0 Å². The van der Waals surface area contributed by atoms with Crippen LogP contribution < -0.4 is 4.74 Å². The molecule has 0 N–H and O–H groups in total. The summed E-state index contributed by atoms with van der Waals surface area (Å²) in [5.41, 5.74) is 3.98. The lowest BCUT2D eigenvalue weighted by atomic mass is 10.1. The Hall–Kier alpha value is -3.73. The number of ether oxygens (including phenoxy) is 1. The van der Waals surface area contributed by atoms with Crippen LogP contribution in [-0.2, 0) is 7.05 Å². The van der Waals surface area contributed by atoms with Crippen molar-refractivity contribution in [3.63, 3.8) is 0 Å². The molecule has 5 nitrogen and oxygen atoms in total. The fourth-order valence-corrected chi connectivity index (χ4v) is 2.92. The summed E-state index contributed by atoms with van der Waals surface area (Å²) in [4.78, 5) is 21.2. The molecule has 0 aliphatic rings. The van der Waals surface area contributed by atoms with E-state index in [1.54, 1.807) is 41.2 Å². The van der Waals surface area contributed by atoms with Gasteiger partial charge in [-0.1, -0.05) is 48.5 Å². The molecule has 0 radical (unpaired) electrons. The third-order valence-electron chi connectivity index (χ3n) is 4.25. The maximum absolute atomic E-state index is 12.5. The summed E-state index contributed by atoms with van der Waals surface area (Å²) < 4.78 is 7.38. The number of benzene rings is 2. The number of rotatable bonds is 4. The van der Waals surface area contributed by atoms with Gasteiger partial charge in [-0.05, 0) is 24.3 Å². The van der Waals surface area contributed by atoms with Crippen LogP contribution in [0.15, 0.2) is 85.2 Å². The fraction of sp³-hybridized carbons (Fsp3) is 0.0455. The highest BCUT2D eigenvalue weighted by Crippen LogP contribution is 2.34. The predicted molar refractivity (Wildman–Crippen MR) is 103 cm³/mol. The molecule has 0 spiro atoms. The third-order valence-corrected chi connectivity index (χ3v) is 4.25. The Morgan fingerprint density at radius 2 is 1.48 bits per heavy atom. The van der Waals surface area contributed by atoms with Crippen LogP contribution in [-0.4, -0.2) is 20.5 Å². The van der Waals surface area contributed by atoms with Gasteiger partial charge >= 0.3 is 12.0 Å². The largest absolute Gasteiger partial charge is 0.388 e. The van der Waals surface area contributed by atoms with E-state index in [0.717, 1.165) is 22.5 Å². The predicted octanol–water partition coefficient (Wildman–Crippen LogP) is 4.37. The molecule has 132 valence electrons. The molecule has 5 heteroatoms. The van der Waals surface area contributed by atoms with Crippen molar-refractivity contribution in [3.05, 3.63) is 90.8 Å². The second kappa shape index (κ2) is 7.25. The van der Waals surface area contributed by atoms with Crippen molar-refractivity contribution >= 4 is 5.97 Å². The van der Waals surface area contributed by atoms with Gasteiger partial charge in [-0.3, -0.25) is 9.55 Å². The minimum Gasteiger partial charge on any atom is -0.388 e. The Bertz CT molecular complexity index is 1060. The molecule has 0 bridgehead atoms. The van der Waals surface area contributed by atoms with E-state index < -0.39 is 5.97 Å². The number of nitrogens with zero attached hydrogens (tertiary/aromatic N) is 3. The first kappa shape index (κ1) is 16.7. The molecule has 4 rings (SSSR count). The zero-order valence-corrected chi connectivity index (χ0v) is 14.7. The smallest absolute Gasteiger partial charge is 0.345 e. The average Bonchev–Trinajstić information content (AvgIpc) is 3.06. The van der Waals surface area contributed by atoms with E-state index in [-0.39, 0.29) is 6.01 Å². The van der Waals surface area contributed by atoms with E-state index in [2.05, 4.69) is 9.97 Å². The fourth-order valence-electron chi connectivity index (χ4n) is 2.92. The quantitative estimate of drug-likeness (QED) is 0.510. The molecule has 0 aliphatic carbocycles. The van der Waals surface area contributed by atoms with Crippen LogP contribution in [0.3, 0.4) is 0 Å². The SMILES string of the molecule is Cn1c(OC(=O)c2ccccc2)nc(-c2ccccc2)c1-c1ccncc1. The van der Waals surface area contributed by atoms with Gasteiger partial charge in [0.05, 0.1) is 11.3 Å². The summed E-state index contributed by atoms with van der Waals surface area (Å²) in [7, 11) is 1.84.